The largest absolute Gasteiger partial charge is 0.318 e. The maximum Gasteiger partial charge on any atom is 0.242 e. The Labute approximate surface area is 101 Å². The maximum absolute atomic E-state index is 12.0. The average molecular weight is 263 g/mol. The Morgan fingerprint density at radius 3 is 2.38 bits per heavy atom. The lowest BCUT2D eigenvalue weighted by Gasteiger charge is -2.16. The van der Waals surface area contributed by atoms with Gasteiger partial charge >= 0.3 is 0 Å². The Kier molecular flexibility index (Phi) is 4.73. The van der Waals surface area contributed by atoms with Gasteiger partial charge in [0.15, 0.2) is 0 Å². The summed E-state index contributed by atoms with van der Waals surface area (Å²) < 4.78 is 25.3. The van der Waals surface area contributed by atoms with E-state index in [9.17, 15) is 8.42 Å². The predicted octanol–water partition coefficient (Wildman–Crippen LogP) is 1.18. The summed E-state index contributed by atoms with van der Waals surface area (Å²) in [5.41, 5.74) is 0. The van der Waals surface area contributed by atoms with Gasteiger partial charge in [-0.05, 0) is 31.3 Å². The molecular formula is C10H15ClN2O2S. The molecule has 0 spiro atoms. The van der Waals surface area contributed by atoms with Crippen LogP contribution in [-0.4, -0.2) is 39.9 Å². The van der Waals surface area contributed by atoms with Crippen LogP contribution in [0.25, 0.3) is 0 Å². The van der Waals surface area contributed by atoms with Crippen LogP contribution in [-0.2, 0) is 10.0 Å². The van der Waals surface area contributed by atoms with Gasteiger partial charge in [-0.1, -0.05) is 11.6 Å². The quantitative estimate of drug-likeness (QED) is 0.867. The van der Waals surface area contributed by atoms with Crippen molar-refractivity contribution >= 4 is 21.6 Å². The van der Waals surface area contributed by atoms with E-state index in [1.807, 2.05) is 0 Å². The highest BCUT2D eigenvalue weighted by molar-refractivity contribution is 7.89. The van der Waals surface area contributed by atoms with Gasteiger partial charge in [0.25, 0.3) is 0 Å². The van der Waals surface area contributed by atoms with Gasteiger partial charge < -0.3 is 5.32 Å². The third-order valence-electron chi connectivity index (χ3n) is 2.20. The molecule has 0 aromatic heterocycles. The molecule has 0 amide bonds. The van der Waals surface area contributed by atoms with E-state index in [4.69, 9.17) is 11.6 Å². The maximum atomic E-state index is 12.0. The number of rotatable bonds is 5. The lowest BCUT2D eigenvalue weighted by atomic mass is 10.4. The van der Waals surface area contributed by atoms with E-state index in [0.717, 1.165) is 0 Å². The molecule has 0 unspecified atom stereocenters. The van der Waals surface area contributed by atoms with Gasteiger partial charge in [0, 0.05) is 25.2 Å². The molecule has 6 heteroatoms. The van der Waals surface area contributed by atoms with Crippen LogP contribution in [0.1, 0.15) is 0 Å². The molecule has 0 bridgehead atoms. The van der Waals surface area contributed by atoms with Crippen molar-refractivity contribution in [2.45, 2.75) is 4.90 Å². The van der Waals surface area contributed by atoms with E-state index in [0.29, 0.717) is 18.1 Å². The Morgan fingerprint density at radius 1 is 1.31 bits per heavy atom. The van der Waals surface area contributed by atoms with Crippen LogP contribution in [0.3, 0.4) is 0 Å². The highest BCUT2D eigenvalue weighted by Gasteiger charge is 2.19. The van der Waals surface area contributed by atoms with E-state index in [1.54, 1.807) is 26.2 Å². The highest BCUT2D eigenvalue weighted by atomic mass is 35.5. The van der Waals surface area contributed by atoms with E-state index < -0.39 is 10.0 Å². The Bertz CT molecular complexity index is 431. The molecule has 1 N–H and O–H groups in total. The second-order valence-electron chi connectivity index (χ2n) is 3.38. The molecule has 1 aromatic rings. The fourth-order valence-electron chi connectivity index (χ4n) is 1.18. The molecule has 0 aliphatic carbocycles. The van der Waals surface area contributed by atoms with Gasteiger partial charge in [-0.3, -0.25) is 0 Å². The Hall–Kier alpha value is -0.620. The lowest BCUT2D eigenvalue weighted by Crippen LogP contribution is -2.32. The summed E-state index contributed by atoms with van der Waals surface area (Å²) in [5, 5.41) is 3.43. The highest BCUT2D eigenvalue weighted by Crippen LogP contribution is 2.16. The molecule has 4 nitrogen and oxygen atoms in total. The van der Waals surface area contributed by atoms with Crippen LogP contribution in [0.2, 0.25) is 5.02 Å². The van der Waals surface area contributed by atoms with Crippen molar-refractivity contribution in [2.24, 2.45) is 0 Å². The first-order chi connectivity index (χ1) is 7.48. The number of benzene rings is 1. The van der Waals surface area contributed by atoms with Gasteiger partial charge in [-0.15, -0.1) is 0 Å². The summed E-state index contributed by atoms with van der Waals surface area (Å²) in [7, 11) is -0.0560. The number of nitrogens with zero attached hydrogens (tertiary/aromatic N) is 1. The standard InChI is InChI=1S/C10H15ClN2O2S/c1-12-7-8-13(2)16(14,15)10-5-3-9(11)4-6-10/h3-6,12H,7-8H2,1-2H3. The molecule has 1 rings (SSSR count). The summed E-state index contributed by atoms with van der Waals surface area (Å²) in [6.07, 6.45) is 0. The van der Waals surface area contributed by atoms with Crippen LogP contribution in [0.5, 0.6) is 0 Å². The smallest absolute Gasteiger partial charge is 0.242 e. The first-order valence-corrected chi connectivity index (χ1v) is 6.67. The number of hydrogen-bond donors (Lipinski definition) is 1. The third kappa shape index (κ3) is 3.18. The summed E-state index contributed by atoms with van der Waals surface area (Å²) in [6.45, 7) is 1.05. The van der Waals surface area contributed by atoms with Gasteiger partial charge in [0.2, 0.25) is 10.0 Å². The van der Waals surface area contributed by atoms with Crippen molar-refractivity contribution in [1.82, 2.24) is 9.62 Å². The molecule has 0 aliphatic rings. The number of halogens is 1. The summed E-state index contributed by atoms with van der Waals surface area (Å²) in [5.74, 6) is 0. The summed E-state index contributed by atoms with van der Waals surface area (Å²) in [4.78, 5) is 0.260. The van der Waals surface area contributed by atoms with Gasteiger partial charge in [0.05, 0.1) is 4.90 Å². The molecule has 0 heterocycles. The number of hydrogen-bond acceptors (Lipinski definition) is 3. The van der Waals surface area contributed by atoms with Crippen molar-refractivity contribution in [3.63, 3.8) is 0 Å². The van der Waals surface area contributed by atoms with Crippen LogP contribution in [0.15, 0.2) is 29.2 Å². The summed E-state index contributed by atoms with van der Waals surface area (Å²) in [6, 6.07) is 6.15. The molecular weight excluding hydrogens is 248 g/mol. The zero-order valence-electron chi connectivity index (χ0n) is 9.27. The van der Waals surface area contributed by atoms with E-state index in [2.05, 4.69) is 5.32 Å². The topological polar surface area (TPSA) is 49.4 Å². The summed E-state index contributed by atoms with van der Waals surface area (Å²) >= 11 is 5.71. The molecule has 0 saturated carbocycles. The van der Waals surface area contributed by atoms with Crippen molar-refractivity contribution in [3.8, 4) is 0 Å². The fraction of sp³-hybridized carbons (Fsp3) is 0.400. The first-order valence-electron chi connectivity index (χ1n) is 4.85. The van der Waals surface area contributed by atoms with Crippen LogP contribution < -0.4 is 5.32 Å². The SMILES string of the molecule is CNCCN(C)S(=O)(=O)c1ccc(Cl)cc1. The molecule has 16 heavy (non-hydrogen) atoms. The zero-order valence-corrected chi connectivity index (χ0v) is 10.8. The number of likely N-dealkylation sites (N-methyl/N-ethyl adjacent to an activating group) is 2. The molecule has 1 aromatic carbocycles. The average Bonchev–Trinajstić information content (AvgIpc) is 2.26. The van der Waals surface area contributed by atoms with E-state index in [-0.39, 0.29) is 4.90 Å². The first kappa shape index (κ1) is 13.4. The second-order valence-corrected chi connectivity index (χ2v) is 5.87. The molecule has 0 atom stereocenters. The minimum atomic E-state index is -3.39. The molecule has 0 saturated heterocycles. The van der Waals surface area contributed by atoms with Crippen LogP contribution in [0, 0.1) is 0 Å². The van der Waals surface area contributed by atoms with Crippen molar-refractivity contribution in [3.05, 3.63) is 29.3 Å². The second kappa shape index (κ2) is 5.63. The Morgan fingerprint density at radius 2 is 1.88 bits per heavy atom. The molecule has 0 aliphatic heterocycles. The minimum Gasteiger partial charge on any atom is -0.318 e. The number of sulfonamides is 1. The minimum absolute atomic E-state index is 0.260. The zero-order chi connectivity index (χ0) is 12.2. The number of nitrogens with one attached hydrogen (secondary N) is 1. The van der Waals surface area contributed by atoms with E-state index >= 15 is 0 Å². The van der Waals surface area contributed by atoms with Gasteiger partial charge in [0.1, 0.15) is 0 Å². The molecule has 0 fully saturated rings. The molecule has 0 radical (unpaired) electrons. The monoisotopic (exact) mass is 262 g/mol. The van der Waals surface area contributed by atoms with Gasteiger partial charge in [-0.25, -0.2) is 8.42 Å². The van der Waals surface area contributed by atoms with Crippen LogP contribution >= 0.6 is 11.6 Å². The van der Waals surface area contributed by atoms with Crippen molar-refractivity contribution in [1.29, 1.82) is 0 Å². The normalized spacial score (nSPS) is 12.0. The fourth-order valence-corrected chi connectivity index (χ4v) is 2.47. The Balaban J connectivity index is 2.89. The van der Waals surface area contributed by atoms with Crippen molar-refractivity contribution < 1.29 is 8.42 Å². The lowest BCUT2D eigenvalue weighted by molar-refractivity contribution is 0.466. The third-order valence-corrected chi connectivity index (χ3v) is 4.32. The van der Waals surface area contributed by atoms with Crippen molar-refractivity contribution in [2.75, 3.05) is 27.2 Å². The molecule has 90 valence electrons. The van der Waals surface area contributed by atoms with Gasteiger partial charge in [-0.2, -0.15) is 4.31 Å². The van der Waals surface area contributed by atoms with E-state index in [1.165, 1.54) is 16.4 Å². The van der Waals surface area contributed by atoms with Crippen LogP contribution in [0.4, 0.5) is 0 Å². The predicted molar refractivity (Wildman–Crippen MR) is 65.2 cm³/mol.